The molecule has 30 heavy (non-hydrogen) atoms. The summed E-state index contributed by atoms with van der Waals surface area (Å²) in [5, 5.41) is 17.8. The van der Waals surface area contributed by atoms with Crippen molar-refractivity contribution in [1.29, 1.82) is 0 Å². The van der Waals surface area contributed by atoms with E-state index in [0.29, 0.717) is 0 Å². The Labute approximate surface area is 234 Å². The zero-order valence-corrected chi connectivity index (χ0v) is 24.1. The van der Waals surface area contributed by atoms with Gasteiger partial charge in [0.1, 0.15) is 5.78 Å². The molecule has 0 saturated carbocycles. The van der Waals surface area contributed by atoms with E-state index in [9.17, 15) is 23.9 Å². The Bertz CT molecular complexity index is 505. The fraction of sp³-hybridized carbons (Fsp3) is 0.529. The molecule has 8 nitrogen and oxygen atoms in total. The van der Waals surface area contributed by atoms with Crippen molar-refractivity contribution in [2.45, 2.75) is 57.6 Å². The summed E-state index contributed by atoms with van der Waals surface area (Å²) in [7, 11) is 9.55. The van der Waals surface area contributed by atoms with Crippen LogP contribution in [0.4, 0.5) is 0 Å². The summed E-state index contributed by atoms with van der Waals surface area (Å²) in [6, 6.07) is 0. The van der Waals surface area contributed by atoms with Gasteiger partial charge in [-0.05, 0) is 6.92 Å². The Morgan fingerprint density at radius 2 is 1.23 bits per heavy atom. The van der Waals surface area contributed by atoms with Gasteiger partial charge in [-0.1, -0.05) is 6.82 Å². The van der Waals surface area contributed by atoms with E-state index in [4.69, 9.17) is 18.3 Å². The van der Waals surface area contributed by atoms with E-state index in [1.807, 2.05) is 0 Å². The standard InChI is InChI=1S/C7H9B2O4.C7H11O4.CH3B.2CH3.2Y/c1-3-6(11)7(9-12,13-8)4-5(2)10;1-3-6(9)7(10,11)4-5(2)8;1-2;;;;/h1,3-4H2,2H3;10-11H,1,3-4H2,2H3;1H3;2*1H3;;/q2*-1;;2*-1;;. The van der Waals surface area contributed by atoms with Crippen molar-refractivity contribution >= 4 is 46.2 Å². The van der Waals surface area contributed by atoms with Crippen molar-refractivity contribution in [2.75, 3.05) is 0 Å². The van der Waals surface area contributed by atoms with Crippen molar-refractivity contribution in [2.24, 2.45) is 0 Å². The van der Waals surface area contributed by atoms with Crippen LogP contribution in [0.2, 0.25) is 6.82 Å². The normalized spacial score (nSPS) is 10.5. The molecule has 164 valence electrons. The molecule has 1 atom stereocenters. The first-order valence-electron chi connectivity index (χ1n) is 7.43. The van der Waals surface area contributed by atoms with Gasteiger partial charge in [0.05, 0.1) is 14.3 Å². The van der Waals surface area contributed by atoms with Crippen LogP contribution in [0, 0.1) is 28.7 Å². The SMILES string of the molecule is [B]C.[B]OC(B=O)(CC(C)=O)C(=O)C[CH2-].[CH2-]CC(=O)C(O)(O)CC(C)=O.[CH3-].[CH3-].[Y].[Y]. The molecule has 0 heterocycles. The molecule has 0 saturated heterocycles. The predicted molar refractivity (Wildman–Crippen MR) is 108 cm³/mol. The molecule has 0 aromatic carbocycles. The summed E-state index contributed by atoms with van der Waals surface area (Å²) in [6.07, 6.45) is -1.30. The Balaban J connectivity index is -0.0000000583. The van der Waals surface area contributed by atoms with E-state index in [2.05, 4.69) is 26.3 Å². The van der Waals surface area contributed by atoms with E-state index in [1.165, 1.54) is 20.7 Å². The molecule has 0 aliphatic carbocycles. The maximum Gasteiger partial charge on any atom is 0.228 e. The number of ketones is 4. The van der Waals surface area contributed by atoms with Gasteiger partial charge in [0.25, 0.3) is 0 Å². The maximum absolute atomic E-state index is 11.2. The van der Waals surface area contributed by atoms with Gasteiger partial charge in [-0.2, -0.15) is 0 Å². The number of aliphatic hydroxyl groups is 2. The zero-order chi connectivity index (χ0) is 21.6. The molecule has 0 fully saturated rings. The molecule has 2 N–H and O–H groups in total. The first-order chi connectivity index (χ1) is 11.9. The predicted octanol–water partition coefficient (Wildman–Crippen LogP) is 0.143. The molecule has 0 spiro atoms. The van der Waals surface area contributed by atoms with Gasteiger partial charge in [-0.25, -0.2) is 0 Å². The molecule has 0 aromatic rings. The summed E-state index contributed by atoms with van der Waals surface area (Å²) < 4.78 is 14.9. The monoisotopic (exact) mass is 572 g/mol. The molecule has 0 aliphatic rings. The number of hydrogen-bond acceptors (Lipinski definition) is 8. The third-order valence-corrected chi connectivity index (χ3v) is 2.78. The third-order valence-electron chi connectivity index (χ3n) is 2.78. The number of Topliss-reactive ketones (excluding diaryl/α,β-unsaturated/α-hetero) is 4. The van der Waals surface area contributed by atoms with Crippen LogP contribution in [0.3, 0.4) is 0 Å². The first kappa shape index (κ1) is 48.3. The summed E-state index contributed by atoms with van der Waals surface area (Å²) in [5.41, 5.74) is -1.84. The number of rotatable bonds is 10. The van der Waals surface area contributed by atoms with Gasteiger partial charge in [-0.3, -0.25) is 9.59 Å². The number of carbonyl (C=O) groups excluding carboxylic acids is 4. The van der Waals surface area contributed by atoms with E-state index < -0.39 is 35.1 Å². The Morgan fingerprint density at radius 1 is 0.900 bits per heavy atom. The average Bonchev–Trinajstić information content (AvgIpc) is 2.59. The molecular formula is C17H29B3O8Y2-4. The molecule has 1 unspecified atom stereocenters. The molecular weight excluding hydrogens is 542 g/mol. The first-order valence-corrected chi connectivity index (χ1v) is 7.43. The molecule has 0 aliphatic heterocycles. The Morgan fingerprint density at radius 3 is 1.43 bits per heavy atom. The molecule has 0 rings (SSSR count). The van der Waals surface area contributed by atoms with Crippen LogP contribution in [0.25, 0.3) is 0 Å². The third kappa shape index (κ3) is 20.7. The summed E-state index contributed by atoms with van der Waals surface area (Å²) in [5.74, 6) is -4.75. The van der Waals surface area contributed by atoms with Gasteiger partial charge < -0.3 is 32.0 Å². The maximum atomic E-state index is 11.2. The van der Waals surface area contributed by atoms with Crippen molar-refractivity contribution in [3.05, 3.63) is 28.7 Å². The second-order valence-electron chi connectivity index (χ2n) is 5.05. The molecule has 0 bridgehead atoms. The number of hydrogen-bond donors (Lipinski definition) is 2. The minimum atomic E-state index is -2.52. The molecule has 0 aromatic heterocycles. The fourth-order valence-corrected chi connectivity index (χ4v) is 1.57. The molecule has 13 heteroatoms. The Kier molecular flexibility index (Phi) is 41.9. The van der Waals surface area contributed by atoms with Crippen LogP contribution in [0.5, 0.6) is 0 Å². The summed E-state index contributed by atoms with van der Waals surface area (Å²) in [4.78, 5) is 43.0. The summed E-state index contributed by atoms with van der Waals surface area (Å²) >= 11 is 0. The number of carbonyl (C=O) groups is 4. The smallest absolute Gasteiger partial charge is 0.228 e. The topological polar surface area (TPSA) is 135 Å². The summed E-state index contributed by atoms with van der Waals surface area (Å²) in [6.45, 7) is 10.4. The van der Waals surface area contributed by atoms with E-state index in [0.717, 1.165) is 0 Å². The minimum Gasteiger partial charge on any atom is -0.359 e. The second kappa shape index (κ2) is 26.0. The zero-order valence-electron chi connectivity index (χ0n) is 18.5. The van der Waals surface area contributed by atoms with Crippen LogP contribution >= 0.6 is 0 Å². The minimum absolute atomic E-state index is 0. The van der Waals surface area contributed by atoms with Crippen LogP contribution in [0.15, 0.2) is 0 Å². The molecule has 6 radical (unpaired) electrons. The van der Waals surface area contributed by atoms with Gasteiger partial charge >= 0.3 is 77.9 Å². The van der Waals surface area contributed by atoms with E-state index in [-0.39, 0.29) is 112 Å². The van der Waals surface area contributed by atoms with Gasteiger partial charge in [0.2, 0.25) is 5.79 Å². The van der Waals surface area contributed by atoms with Crippen molar-refractivity contribution < 1.29 is 104 Å². The van der Waals surface area contributed by atoms with Crippen molar-refractivity contribution in [3.8, 4) is 0 Å². The van der Waals surface area contributed by atoms with Gasteiger partial charge in [0, 0.05) is 65.4 Å². The van der Waals surface area contributed by atoms with E-state index >= 15 is 0 Å². The van der Waals surface area contributed by atoms with Crippen molar-refractivity contribution in [1.82, 2.24) is 0 Å². The fourth-order valence-electron chi connectivity index (χ4n) is 1.57. The Hall–Kier alpha value is 0.763. The quantitative estimate of drug-likeness (QED) is 0.215. The van der Waals surface area contributed by atoms with Crippen molar-refractivity contribution in [3.63, 3.8) is 0 Å². The molecule has 0 amide bonds. The largest absolute Gasteiger partial charge is 0.359 e. The van der Waals surface area contributed by atoms with Crippen LogP contribution in [0.1, 0.15) is 39.5 Å². The average molecular weight is 572 g/mol. The van der Waals surface area contributed by atoms with Gasteiger partial charge in [-0.15, -0.1) is 6.42 Å². The van der Waals surface area contributed by atoms with Gasteiger partial charge in [0.15, 0.2) is 5.78 Å². The van der Waals surface area contributed by atoms with E-state index in [1.54, 1.807) is 0 Å². The second-order valence-corrected chi connectivity index (χ2v) is 5.05. The van der Waals surface area contributed by atoms with Crippen LogP contribution in [-0.2, 0) is 94.0 Å². The van der Waals surface area contributed by atoms with Crippen LogP contribution < -0.4 is 0 Å². The van der Waals surface area contributed by atoms with Crippen LogP contribution in [-0.4, -0.2) is 67.7 Å².